The Labute approximate surface area is 296 Å². The van der Waals surface area contributed by atoms with E-state index in [9.17, 15) is 0 Å². The zero-order chi connectivity index (χ0) is 30.3. The van der Waals surface area contributed by atoms with E-state index in [1.807, 2.05) is 12.2 Å². The topological polar surface area (TPSA) is 0 Å². The van der Waals surface area contributed by atoms with Gasteiger partial charge in [-0.15, -0.1) is 17.5 Å². The fourth-order valence-electron chi connectivity index (χ4n) is 6.20. The van der Waals surface area contributed by atoms with Crippen LogP contribution in [0.25, 0.3) is 11.1 Å². The third-order valence-electron chi connectivity index (χ3n) is 9.27. The number of hydrogen-bond donors (Lipinski definition) is 0. The minimum atomic E-state index is -0.0591. The Kier molecular flexibility index (Phi) is 13.9. The molecule has 0 aromatic heterocycles. The molecule has 7 rings (SSSR count). The van der Waals surface area contributed by atoms with Crippen molar-refractivity contribution in [2.75, 3.05) is 0 Å². The van der Waals surface area contributed by atoms with Crippen LogP contribution >= 0.6 is 0 Å². The molecule has 0 bridgehead atoms. The van der Waals surface area contributed by atoms with Crippen LogP contribution in [0.1, 0.15) is 99.6 Å². The summed E-state index contributed by atoms with van der Waals surface area (Å²) in [5, 5.41) is 0. The zero-order valence-electron chi connectivity index (χ0n) is 27.1. The molecule has 0 heterocycles. The molecule has 0 amide bonds. The summed E-state index contributed by atoms with van der Waals surface area (Å²) in [7, 11) is 0. The van der Waals surface area contributed by atoms with E-state index in [0.29, 0.717) is 0 Å². The Bertz CT molecular complexity index is 1480. The summed E-state index contributed by atoms with van der Waals surface area (Å²) in [5.74, 6) is 0. The van der Waals surface area contributed by atoms with Crippen molar-refractivity contribution in [1.29, 1.82) is 0 Å². The fraction of sp³-hybridized carbons (Fsp3) is 0.310. The number of hydrogen-bond acceptors (Lipinski definition) is 0. The maximum absolute atomic E-state index is 3.63. The summed E-state index contributed by atoms with van der Waals surface area (Å²) in [6.45, 7) is 9.26. The second-order valence-electron chi connectivity index (χ2n) is 13.0. The van der Waals surface area contributed by atoms with E-state index < -0.39 is 0 Å². The molecule has 232 valence electrons. The van der Waals surface area contributed by atoms with Crippen molar-refractivity contribution in [2.45, 2.75) is 83.5 Å². The molecule has 0 atom stereocenters. The Hall–Kier alpha value is -2.48. The average Bonchev–Trinajstić information content (AvgIpc) is 3.74. The number of allylic oxidation sites excluding steroid dienone is 4. The van der Waals surface area contributed by atoms with Gasteiger partial charge in [0.25, 0.3) is 0 Å². The number of rotatable bonds is 4. The van der Waals surface area contributed by atoms with E-state index in [1.165, 1.54) is 76.6 Å². The molecule has 1 saturated carbocycles. The van der Waals surface area contributed by atoms with Gasteiger partial charge in [-0.1, -0.05) is 118 Å². The van der Waals surface area contributed by atoms with Gasteiger partial charge < -0.3 is 24.8 Å². The fourth-order valence-corrected chi connectivity index (χ4v) is 6.75. The molecular formula is C42H44Cl2Ti-2. The zero-order valence-corrected chi connectivity index (χ0v) is 30.2. The second kappa shape index (κ2) is 16.9. The van der Waals surface area contributed by atoms with Crippen LogP contribution in [-0.4, -0.2) is 3.81 Å². The van der Waals surface area contributed by atoms with Gasteiger partial charge in [0.2, 0.25) is 0 Å². The molecule has 3 aliphatic rings. The van der Waals surface area contributed by atoms with Crippen molar-refractivity contribution in [1.82, 2.24) is 0 Å². The van der Waals surface area contributed by atoms with Crippen molar-refractivity contribution in [2.24, 2.45) is 0 Å². The van der Waals surface area contributed by atoms with Crippen molar-refractivity contribution in [3.63, 3.8) is 0 Å². The first-order chi connectivity index (χ1) is 20.8. The Balaban J connectivity index is 0.000000330. The Morgan fingerprint density at radius 3 is 1.71 bits per heavy atom. The molecule has 3 aliphatic carbocycles. The van der Waals surface area contributed by atoms with Crippen molar-refractivity contribution < 1.29 is 44.8 Å². The predicted molar refractivity (Wildman–Crippen MR) is 180 cm³/mol. The summed E-state index contributed by atoms with van der Waals surface area (Å²) in [4.78, 5) is 0. The molecule has 1 fully saturated rings. The summed E-state index contributed by atoms with van der Waals surface area (Å²) in [6, 6.07) is 36.9. The maximum atomic E-state index is 3.63. The monoisotopic (exact) mass is 666 g/mol. The summed E-state index contributed by atoms with van der Waals surface area (Å²) >= 11 is 2.28. The van der Waals surface area contributed by atoms with Gasteiger partial charge in [0, 0.05) is 5.41 Å². The van der Waals surface area contributed by atoms with Gasteiger partial charge in [-0.2, -0.15) is 29.8 Å². The average molecular weight is 668 g/mol. The second-order valence-corrected chi connectivity index (χ2v) is 14.1. The molecule has 0 nitrogen and oxygen atoms in total. The Morgan fingerprint density at radius 2 is 1.22 bits per heavy atom. The SMILES string of the molecule is CC(C)(c1ccccc1)c1c[c-]c2c(c1)-c1cc(C(C)(C)c3ccccc3)ccc1C2.[C-]1=CC=CC1.[Cl-].[Cl-].[Ti+2]=[C]1CCCCC1. The van der Waals surface area contributed by atoms with E-state index in [2.05, 4.69) is 157 Å². The van der Waals surface area contributed by atoms with Gasteiger partial charge in [0.05, 0.1) is 0 Å². The normalized spacial score (nSPS) is 14.5. The van der Waals surface area contributed by atoms with Crippen LogP contribution in [0.5, 0.6) is 0 Å². The van der Waals surface area contributed by atoms with Crippen LogP contribution in [0.4, 0.5) is 0 Å². The summed E-state index contributed by atoms with van der Waals surface area (Å²) in [6.07, 6.45) is 18.2. The van der Waals surface area contributed by atoms with E-state index in [1.54, 1.807) is 3.81 Å². The first-order valence-corrected chi connectivity index (χ1v) is 16.6. The molecule has 3 heteroatoms. The van der Waals surface area contributed by atoms with Gasteiger partial charge >= 0.3 is 55.9 Å². The van der Waals surface area contributed by atoms with Gasteiger partial charge in [-0.25, -0.2) is 12.2 Å². The Morgan fingerprint density at radius 1 is 0.644 bits per heavy atom. The molecule has 45 heavy (non-hydrogen) atoms. The van der Waals surface area contributed by atoms with Crippen LogP contribution in [0, 0.1) is 12.1 Å². The van der Waals surface area contributed by atoms with E-state index in [4.69, 9.17) is 0 Å². The first-order valence-electron chi connectivity index (χ1n) is 15.8. The van der Waals surface area contributed by atoms with Gasteiger partial charge in [0.15, 0.2) is 0 Å². The third-order valence-corrected chi connectivity index (χ3v) is 10.1. The van der Waals surface area contributed by atoms with Crippen molar-refractivity contribution >= 4 is 3.81 Å². The molecule has 0 spiro atoms. The molecule has 4 aromatic carbocycles. The van der Waals surface area contributed by atoms with Crippen molar-refractivity contribution in [3.05, 3.63) is 155 Å². The van der Waals surface area contributed by atoms with E-state index in [-0.39, 0.29) is 35.6 Å². The van der Waals surface area contributed by atoms with E-state index in [0.717, 1.165) is 12.8 Å². The molecule has 0 N–H and O–H groups in total. The predicted octanol–water partition coefficient (Wildman–Crippen LogP) is 4.69. The van der Waals surface area contributed by atoms with Gasteiger partial charge in [-0.3, -0.25) is 6.08 Å². The molecule has 0 aliphatic heterocycles. The van der Waals surface area contributed by atoms with Crippen LogP contribution in [-0.2, 0) is 37.2 Å². The summed E-state index contributed by atoms with van der Waals surface area (Å²) < 4.78 is 1.71. The van der Waals surface area contributed by atoms with Gasteiger partial charge in [0.1, 0.15) is 0 Å². The summed E-state index contributed by atoms with van der Waals surface area (Å²) in [5.41, 5.74) is 10.7. The minimum absolute atomic E-state index is 0. The molecule has 0 radical (unpaired) electrons. The molecule has 0 unspecified atom stereocenters. The van der Waals surface area contributed by atoms with Crippen LogP contribution in [0.15, 0.2) is 109 Å². The van der Waals surface area contributed by atoms with Gasteiger partial charge in [-0.05, 0) is 28.5 Å². The standard InChI is InChI=1S/C31H29.C6H10.C5H5.2ClH.Ti/c1-30(2,24-11-7-5-8-12-24)26-17-15-22-19-23-16-18-27(21-29(23)28(22)20-26)31(3,4)25-13-9-6-10-14-25;1-2-4-6-5-3-1;1-2-4-5-3-1;;;/h5-15,17-18,20-21H,19H2,1-4H3;1-5H2;1-3H,4H2;2*1H;/q-1;;-1;;;+2/p-2. The van der Waals surface area contributed by atoms with Crippen LogP contribution < -0.4 is 24.8 Å². The quantitative estimate of drug-likeness (QED) is 0.193. The number of halogens is 2. The molecule has 0 saturated heterocycles. The van der Waals surface area contributed by atoms with E-state index >= 15 is 0 Å². The molecular weight excluding hydrogens is 623 g/mol. The first kappa shape index (κ1) is 37.0. The number of fused-ring (bicyclic) bond motifs is 3. The molecule has 4 aromatic rings. The van der Waals surface area contributed by atoms with Crippen LogP contribution in [0.3, 0.4) is 0 Å². The number of benzene rings is 4. The van der Waals surface area contributed by atoms with Crippen LogP contribution in [0.2, 0.25) is 0 Å². The van der Waals surface area contributed by atoms with Crippen molar-refractivity contribution in [3.8, 4) is 11.1 Å². The third kappa shape index (κ3) is 9.08.